The van der Waals surface area contributed by atoms with Crippen LogP contribution < -0.4 is 5.73 Å². The van der Waals surface area contributed by atoms with E-state index < -0.39 is 0 Å². The zero-order valence-electron chi connectivity index (χ0n) is 9.84. The van der Waals surface area contributed by atoms with Crippen molar-refractivity contribution in [1.82, 2.24) is 0 Å². The van der Waals surface area contributed by atoms with Crippen molar-refractivity contribution in [3.8, 4) is 0 Å². The molecular formula is C13H18N2OS. The van der Waals surface area contributed by atoms with Gasteiger partial charge in [-0.1, -0.05) is 42.1 Å². The maximum Gasteiger partial charge on any atom is 0.154 e. The van der Waals surface area contributed by atoms with Crippen molar-refractivity contribution in [3.05, 3.63) is 35.9 Å². The molecule has 2 N–H and O–H groups in total. The molecule has 92 valence electrons. The third-order valence-electron chi connectivity index (χ3n) is 2.70. The molecule has 4 heteroatoms. The third-order valence-corrected chi connectivity index (χ3v) is 3.61. The Hall–Kier alpha value is -1.00. The van der Waals surface area contributed by atoms with E-state index in [4.69, 9.17) is 10.5 Å². The maximum absolute atomic E-state index is 5.86. The van der Waals surface area contributed by atoms with E-state index in [1.807, 2.05) is 18.2 Å². The van der Waals surface area contributed by atoms with Gasteiger partial charge >= 0.3 is 0 Å². The second-order valence-corrected chi connectivity index (χ2v) is 5.08. The van der Waals surface area contributed by atoms with E-state index in [-0.39, 0.29) is 6.10 Å². The van der Waals surface area contributed by atoms with E-state index in [0.717, 1.165) is 25.2 Å². The highest BCUT2D eigenvalue weighted by Gasteiger charge is 2.14. The van der Waals surface area contributed by atoms with Crippen molar-refractivity contribution in [1.29, 1.82) is 0 Å². The molecule has 0 unspecified atom stereocenters. The Balaban J connectivity index is 1.72. The Labute approximate surface area is 106 Å². The number of nitrogens with zero attached hydrogens (tertiary/aromatic N) is 1. The number of nitrogens with two attached hydrogens (primary N) is 1. The molecule has 2 rings (SSSR count). The molecule has 0 amide bonds. The van der Waals surface area contributed by atoms with Gasteiger partial charge in [0, 0.05) is 12.4 Å². The second kappa shape index (κ2) is 6.67. The van der Waals surface area contributed by atoms with Crippen molar-refractivity contribution in [2.75, 3.05) is 13.2 Å². The summed E-state index contributed by atoms with van der Waals surface area (Å²) >= 11 is 1.59. The van der Waals surface area contributed by atoms with Gasteiger partial charge in [-0.05, 0) is 18.4 Å². The minimum absolute atomic E-state index is 0.283. The van der Waals surface area contributed by atoms with E-state index in [1.165, 1.54) is 5.56 Å². The number of rotatable bonds is 4. The molecule has 0 spiro atoms. The monoisotopic (exact) mass is 250 g/mol. The zero-order chi connectivity index (χ0) is 11.9. The number of thioether (sulfide) groups is 1. The first-order chi connectivity index (χ1) is 8.34. The molecule has 1 heterocycles. The van der Waals surface area contributed by atoms with Crippen LogP contribution in [0.3, 0.4) is 0 Å². The van der Waals surface area contributed by atoms with Crippen LogP contribution in [0.1, 0.15) is 18.4 Å². The van der Waals surface area contributed by atoms with Crippen molar-refractivity contribution in [3.63, 3.8) is 0 Å². The van der Waals surface area contributed by atoms with Gasteiger partial charge < -0.3 is 10.5 Å². The molecule has 1 fully saturated rings. The first-order valence-corrected chi connectivity index (χ1v) is 6.91. The van der Waals surface area contributed by atoms with Crippen molar-refractivity contribution in [2.24, 2.45) is 10.7 Å². The lowest BCUT2D eigenvalue weighted by Crippen LogP contribution is -2.14. The summed E-state index contributed by atoms with van der Waals surface area (Å²) in [5.41, 5.74) is 7.13. The minimum atomic E-state index is 0.283. The number of benzene rings is 1. The molecule has 1 aromatic carbocycles. The fourth-order valence-electron chi connectivity index (χ4n) is 1.76. The van der Waals surface area contributed by atoms with Crippen LogP contribution in [0.4, 0.5) is 0 Å². The van der Waals surface area contributed by atoms with E-state index in [0.29, 0.717) is 11.7 Å². The van der Waals surface area contributed by atoms with Crippen LogP contribution in [-0.2, 0) is 10.5 Å². The average molecular weight is 250 g/mol. The van der Waals surface area contributed by atoms with Crippen LogP contribution in [0.2, 0.25) is 0 Å². The minimum Gasteiger partial charge on any atom is -0.379 e. The van der Waals surface area contributed by atoms with Crippen molar-refractivity contribution in [2.45, 2.75) is 24.7 Å². The molecule has 0 aromatic heterocycles. The Bertz CT molecular complexity index is 361. The van der Waals surface area contributed by atoms with Gasteiger partial charge in [-0.3, -0.25) is 4.99 Å². The van der Waals surface area contributed by atoms with Crippen LogP contribution in [-0.4, -0.2) is 24.4 Å². The lowest BCUT2D eigenvalue weighted by molar-refractivity contribution is 0.118. The van der Waals surface area contributed by atoms with Crippen LogP contribution in [0.5, 0.6) is 0 Å². The topological polar surface area (TPSA) is 47.6 Å². The van der Waals surface area contributed by atoms with E-state index in [1.54, 1.807) is 11.8 Å². The summed E-state index contributed by atoms with van der Waals surface area (Å²) in [6, 6.07) is 10.3. The summed E-state index contributed by atoms with van der Waals surface area (Å²) in [5.74, 6) is 0.877. The van der Waals surface area contributed by atoms with Crippen LogP contribution in [0.15, 0.2) is 35.3 Å². The standard InChI is InChI=1S/C13H18N2OS/c14-13(15-9-12-7-4-8-16-12)17-10-11-5-2-1-3-6-11/h1-3,5-6,12H,4,7-10H2,(H2,14,15)/t12-/m1/s1. The fourth-order valence-corrected chi connectivity index (χ4v) is 2.43. The van der Waals surface area contributed by atoms with Gasteiger partial charge in [0.15, 0.2) is 5.17 Å². The molecule has 1 atom stereocenters. The Morgan fingerprint density at radius 1 is 1.41 bits per heavy atom. The summed E-state index contributed by atoms with van der Waals surface area (Å²) in [5, 5.41) is 0.657. The predicted molar refractivity (Wildman–Crippen MR) is 73.2 cm³/mol. The Kier molecular flexibility index (Phi) is 4.88. The molecule has 1 aliphatic heterocycles. The number of aliphatic imine (C=N–C) groups is 1. The molecule has 1 aliphatic rings. The van der Waals surface area contributed by atoms with Gasteiger partial charge in [-0.2, -0.15) is 0 Å². The van der Waals surface area contributed by atoms with E-state index >= 15 is 0 Å². The Morgan fingerprint density at radius 2 is 2.24 bits per heavy atom. The Morgan fingerprint density at radius 3 is 2.94 bits per heavy atom. The number of hydrogen-bond acceptors (Lipinski definition) is 3. The first-order valence-electron chi connectivity index (χ1n) is 5.93. The molecule has 0 aliphatic carbocycles. The van der Waals surface area contributed by atoms with Gasteiger partial charge in [0.2, 0.25) is 0 Å². The summed E-state index contributed by atoms with van der Waals surface area (Å²) in [6.07, 6.45) is 2.54. The summed E-state index contributed by atoms with van der Waals surface area (Å²) < 4.78 is 5.49. The smallest absolute Gasteiger partial charge is 0.154 e. The van der Waals surface area contributed by atoms with E-state index in [9.17, 15) is 0 Å². The highest BCUT2D eigenvalue weighted by atomic mass is 32.2. The van der Waals surface area contributed by atoms with E-state index in [2.05, 4.69) is 17.1 Å². The largest absolute Gasteiger partial charge is 0.379 e. The number of ether oxygens (including phenoxy) is 1. The SMILES string of the molecule is NC(=NC[C@H]1CCCO1)SCc1ccccc1. The van der Waals surface area contributed by atoms with Crippen LogP contribution in [0, 0.1) is 0 Å². The van der Waals surface area contributed by atoms with Gasteiger partial charge in [0.1, 0.15) is 0 Å². The number of amidine groups is 1. The van der Waals surface area contributed by atoms with Crippen molar-refractivity contribution >= 4 is 16.9 Å². The van der Waals surface area contributed by atoms with Gasteiger partial charge in [0.25, 0.3) is 0 Å². The molecule has 17 heavy (non-hydrogen) atoms. The summed E-state index contributed by atoms with van der Waals surface area (Å²) in [4.78, 5) is 4.35. The van der Waals surface area contributed by atoms with Gasteiger partial charge in [0.05, 0.1) is 12.6 Å². The summed E-state index contributed by atoms with van der Waals surface area (Å²) in [6.45, 7) is 1.57. The van der Waals surface area contributed by atoms with Gasteiger partial charge in [-0.25, -0.2) is 0 Å². The molecular weight excluding hydrogens is 232 g/mol. The third kappa shape index (κ3) is 4.40. The molecule has 1 aromatic rings. The molecule has 0 radical (unpaired) electrons. The number of hydrogen-bond donors (Lipinski definition) is 1. The lowest BCUT2D eigenvalue weighted by Gasteiger charge is -2.06. The highest BCUT2D eigenvalue weighted by Crippen LogP contribution is 2.14. The fraction of sp³-hybridized carbons (Fsp3) is 0.462. The van der Waals surface area contributed by atoms with Crippen LogP contribution in [0.25, 0.3) is 0 Å². The zero-order valence-corrected chi connectivity index (χ0v) is 10.7. The first kappa shape index (κ1) is 12.5. The predicted octanol–water partition coefficient (Wildman–Crippen LogP) is 2.41. The molecule has 0 saturated carbocycles. The highest BCUT2D eigenvalue weighted by molar-refractivity contribution is 8.13. The maximum atomic E-state index is 5.86. The lowest BCUT2D eigenvalue weighted by atomic mass is 10.2. The van der Waals surface area contributed by atoms with Crippen LogP contribution >= 0.6 is 11.8 Å². The quantitative estimate of drug-likeness (QED) is 0.659. The van der Waals surface area contributed by atoms with Gasteiger partial charge in [-0.15, -0.1) is 0 Å². The molecule has 1 saturated heterocycles. The normalized spacial score (nSPS) is 20.7. The summed E-state index contributed by atoms with van der Waals surface area (Å²) in [7, 11) is 0. The second-order valence-electron chi connectivity index (χ2n) is 4.09. The molecule has 3 nitrogen and oxygen atoms in total. The molecule has 0 bridgehead atoms. The average Bonchev–Trinajstić information content (AvgIpc) is 2.88. The van der Waals surface area contributed by atoms with Crippen molar-refractivity contribution < 1.29 is 4.74 Å².